The van der Waals surface area contributed by atoms with E-state index in [4.69, 9.17) is 9.15 Å². The van der Waals surface area contributed by atoms with E-state index in [0.29, 0.717) is 18.9 Å². The number of fused-ring (bicyclic) bond motifs is 3. The quantitative estimate of drug-likeness (QED) is 0.424. The van der Waals surface area contributed by atoms with Crippen LogP contribution in [0, 0.1) is 5.82 Å². The summed E-state index contributed by atoms with van der Waals surface area (Å²) in [5.74, 6) is 0.492. The lowest BCUT2D eigenvalue weighted by Gasteiger charge is -2.32. The van der Waals surface area contributed by atoms with E-state index in [9.17, 15) is 9.18 Å². The minimum absolute atomic E-state index is 0.283. The molecular formula is C25H20FNO3. The lowest BCUT2D eigenvalue weighted by molar-refractivity contribution is 0.286. The predicted molar refractivity (Wildman–Crippen MR) is 115 cm³/mol. The standard InChI is InChI=1S/C25H20FNO3/c1-2-16-12-21-20(17-6-4-3-5-7-17)13-23(28)30-25(21)22-14-27(15-29-24(16)22)19-10-8-18(26)9-11-19/h3-13H,2,14-15H2,1H3. The normalized spacial score (nSPS) is 13.2. The number of aryl methyl sites for hydroxylation is 1. The van der Waals surface area contributed by atoms with Crippen LogP contribution in [0.15, 0.2) is 75.9 Å². The fourth-order valence-electron chi connectivity index (χ4n) is 4.05. The minimum atomic E-state index is -0.397. The molecule has 5 heteroatoms. The fraction of sp³-hybridized carbons (Fsp3) is 0.160. The van der Waals surface area contributed by atoms with Gasteiger partial charge < -0.3 is 14.1 Å². The molecule has 150 valence electrons. The molecule has 0 atom stereocenters. The summed E-state index contributed by atoms with van der Waals surface area (Å²) >= 11 is 0. The lowest BCUT2D eigenvalue weighted by Crippen LogP contribution is -2.32. The largest absolute Gasteiger partial charge is 0.472 e. The number of hydrogen-bond donors (Lipinski definition) is 0. The first-order chi connectivity index (χ1) is 14.6. The van der Waals surface area contributed by atoms with Gasteiger partial charge in [0.15, 0.2) is 6.73 Å². The second-order valence-corrected chi connectivity index (χ2v) is 7.37. The number of ether oxygens (including phenoxy) is 1. The average molecular weight is 401 g/mol. The van der Waals surface area contributed by atoms with Crippen LogP contribution in [0.25, 0.3) is 22.1 Å². The van der Waals surface area contributed by atoms with Crippen molar-refractivity contribution in [2.45, 2.75) is 19.9 Å². The van der Waals surface area contributed by atoms with Gasteiger partial charge in [0.2, 0.25) is 0 Å². The Morgan fingerprint density at radius 1 is 1.03 bits per heavy atom. The summed E-state index contributed by atoms with van der Waals surface area (Å²) in [6.45, 7) is 2.94. The minimum Gasteiger partial charge on any atom is -0.472 e. The molecule has 1 aliphatic heterocycles. The number of nitrogens with zero attached hydrogens (tertiary/aromatic N) is 1. The van der Waals surface area contributed by atoms with Crippen LogP contribution in [0.5, 0.6) is 5.75 Å². The van der Waals surface area contributed by atoms with Gasteiger partial charge in [0.05, 0.1) is 12.1 Å². The molecule has 1 aliphatic rings. The van der Waals surface area contributed by atoms with E-state index >= 15 is 0 Å². The summed E-state index contributed by atoms with van der Waals surface area (Å²) in [5.41, 5.74) is 4.71. The van der Waals surface area contributed by atoms with Crippen LogP contribution in [0.2, 0.25) is 0 Å². The van der Waals surface area contributed by atoms with Crippen molar-refractivity contribution in [1.82, 2.24) is 0 Å². The van der Waals surface area contributed by atoms with Crippen molar-refractivity contribution < 1.29 is 13.5 Å². The highest BCUT2D eigenvalue weighted by Crippen LogP contribution is 2.40. The smallest absolute Gasteiger partial charge is 0.336 e. The molecule has 0 bridgehead atoms. The second kappa shape index (κ2) is 7.34. The molecule has 0 fully saturated rings. The van der Waals surface area contributed by atoms with Gasteiger partial charge in [0, 0.05) is 17.1 Å². The maximum Gasteiger partial charge on any atom is 0.336 e. The molecule has 0 saturated carbocycles. The van der Waals surface area contributed by atoms with Crippen LogP contribution in [0.3, 0.4) is 0 Å². The van der Waals surface area contributed by atoms with Gasteiger partial charge in [-0.05, 0) is 53.4 Å². The highest BCUT2D eigenvalue weighted by Gasteiger charge is 2.25. The molecule has 0 radical (unpaired) electrons. The second-order valence-electron chi connectivity index (χ2n) is 7.37. The first kappa shape index (κ1) is 18.4. The van der Waals surface area contributed by atoms with Crippen LogP contribution in [0.4, 0.5) is 10.1 Å². The maximum absolute atomic E-state index is 13.4. The van der Waals surface area contributed by atoms with Crippen LogP contribution in [0.1, 0.15) is 18.1 Å². The Labute approximate surface area is 173 Å². The van der Waals surface area contributed by atoms with E-state index in [1.165, 1.54) is 12.1 Å². The Balaban J connectivity index is 1.72. The average Bonchev–Trinajstić information content (AvgIpc) is 2.79. The van der Waals surface area contributed by atoms with Crippen molar-refractivity contribution in [3.8, 4) is 16.9 Å². The number of anilines is 1. The summed E-state index contributed by atoms with van der Waals surface area (Å²) in [5, 5.41) is 0.890. The third-order valence-electron chi connectivity index (χ3n) is 5.53. The van der Waals surface area contributed by atoms with Crippen LogP contribution in [-0.2, 0) is 13.0 Å². The molecule has 0 unspecified atom stereocenters. The Kier molecular flexibility index (Phi) is 4.51. The summed E-state index contributed by atoms with van der Waals surface area (Å²) in [4.78, 5) is 14.4. The molecule has 2 heterocycles. The van der Waals surface area contributed by atoms with Crippen molar-refractivity contribution in [2.75, 3.05) is 11.6 Å². The molecule has 1 aromatic heterocycles. The Morgan fingerprint density at radius 2 is 1.80 bits per heavy atom. The zero-order chi connectivity index (χ0) is 20.7. The monoisotopic (exact) mass is 401 g/mol. The lowest BCUT2D eigenvalue weighted by atomic mass is 9.95. The third kappa shape index (κ3) is 3.12. The van der Waals surface area contributed by atoms with E-state index in [1.54, 1.807) is 18.2 Å². The first-order valence-electron chi connectivity index (χ1n) is 9.95. The van der Waals surface area contributed by atoms with E-state index in [2.05, 4.69) is 13.0 Å². The van der Waals surface area contributed by atoms with Crippen molar-refractivity contribution in [2.24, 2.45) is 0 Å². The molecular weight excluding hydrogens is 381 g/mol. The van der Waals surface area contributed by atoms with Crippen LogP contribution >= 0.6 is 0 Å². The Hall–Kier alpha value is -3.60. The van der Waals surface area contributed by atoms with Gasteiger partial charge >= 0.3 is 5.63 Å². The summed E-state index contributed by atoms with van der Waals surface area (Å²) in [7, 11) is 0. The van der Waals surface area contributed by atoms with Crippen molar-refractivity contribution in [3.63, 3.8) is 0 Å². The molecule has 5 rings (SSSR count). The van der Waals surface area contributed by atoms with Gasteiger partial charge in [-0.3, -0.25) is 0 Å². The molecule has 0 saturated heterocycles. The maximum atomic E-state index is 13.4. The zero-order valence-corrected chi connectivity index (χ0v) is 16.5. The first-order valence-corrected chi connectivity index (χ1v) is 9.95. The van der Waals surface area contributed by atoms with Gasteiger partial charge in [-0.25, -0.2) is 9.18 Å². The molecule has 0 amide bonds. The highest BCUT2D eigenvalue weighted by atomic mass is 19.1. The molecule has 30 heavy (non-hydrogen) atoms. The fourth-order valence-corrected chi connectivity index (χ4v) is 4.05. The van der Waals surface area contributed by atoms with Gasteiger partial charge in [-0.1, -0.05) is 37.3 Å². The molecule has 0 N–H and O–H groups in total. The SMILES string of the molecule is CCc1cc2c(-c3ccccc3)cc(=O)oc2c2c1OCN(c1ccc(F)cc1)C2. The van der Waals surface area contributed by atoms with E-state index in [0.717, 1.165) is 45.5 Å². The molecule has 4 aromatic rings. The van der Waals surface area contributed by atoms with Crippen molar-refractivity contribution in [1.29, 1.82) is 0 Å². The molecule has 0 spiro atoms. The topological polar surface area (TPSA) is 42.7 Å². The number of rotatable bonds is 3. The van der Waals surface area contributed by atoms with E-state index in [-0.39, 0.29) is 5.82 Å². The van der Waals surface area contributed by atoms with Crippen LogP contribution in [-0.4, -0.2) is 6.73 Å². The number of benzene rings is 3. The van der Waals surface area contributed by atoms with E-state index in [1.807, 2.05) is 35.2 Å². The molecule has 3 aromatic carbocycles. The van der Waals surface area contributed by atoms with Crippen molar-refractivity contribution in [3.05, 3.63) is 94.1 Å². The van der Waals surface area contributed by atoms with Gasteiger partial charge in [-0.15, -0.1) is 0 Å². The predicted octanol–water partition coefficient (Wildman–Crippen LogP) is 5.52. The Bertz CT molecular complexity index is 1280. The van der Waals surface area contributed by atoms with Crippen molar-refractivity contribution >= 4 is 16.7 Å². The summed E-state index contributed by atoms with van der Waals surface area (Å²) in [6.07, 6.45) is 0.794. The third-order valence-corrected chi connectivity index (χ3v) is 5.53. The zero-order valence-electron chi connectivity index (χ0n) is 16.5. The van der Waals surface area contributed by atoms with Crippen LogP contribution < -0.4 is 15.3 Å². The van der Waals surface area contributed by atoms with Gasteiger partial charge in [0.1, 0.15) is 17.1 Å². The molecule has 4 nitrogen and oxygen atoms in total. The number of halogens is 1. The van der Waals surface area contributed by atoms with Gasteiger partial charge in [-0.2, -0.15) is 0 Å². The highest BCUT2D eigenvalue weighted by molar-refractivity contribution is 5.96. The summed E-state index contributed by atoms with van der Waals surface area (Å²) in [6, 6.07) is 19.7. The van der Waals surface area contributed by atoms with Gasteiger partial charge in [0.25, 0.3) is 0 Å². The Morgan fingerprint density at radius 3 is 2.53 bits per heavy atom. The molecule has 0 aliphatic carbocycles. The number of hydrogen-bond acceptors (Lipinski definition) is 4. The summed E-state index contributed by atoms with van der Waals surface area (Å²) < 4.78 is 25.2. The van der Waals surface area contributed by atoms with E-state index < -0.39 is 5.63 Å².